The highest BCUT2D eigenvalue weighted by atomic mass is 32.2. The summed E-state index contributed by atoms with van der Waals surface area (Å²) in [6.07, 6.45) is 0.615. The second-order valence-corrected chi connectivity index (χ2v) is 21.1. The number of pyridine rings is 1. The van der Waals surface area contributed by atoms with Gasteiger partial charge in [0.25, 0.3) is 0 Å². The van der Waals surface area contributed by atoms with Crippen molar-refractivity contribution in [3.8, 4) is 11.2 Å². The summed E-state index contributed by atoms with van der Waals surface area (Å²) in [4.78, 5) is 22.2. The van der Waals surface area contributed by atoms with Gasteiger partial charge in [0.05, 0.1) is 32.3 Å². The molecule has 3 aromatic carbocycles. The Labute approximate surface area is 380 Å². The maximum Gasteiger partial charge on any atom is 0.308 e. The molecule has 3 heterocycles. The molecular weight excluding hydrogens is 845 g/mol. The average molecular weight is 903 g/mol. The summed E-state index contributed by atoms with van der Waals surface area (Å²) in [7, 11) is -4.06. The van der Waals surface area contributed by atoms with Crippen molar-refractivity contribution < 1.29 is 17.9 Å². The Balaban J connectivity index is 1.43. The summed E-state index contributed by atoms with van der Waals surface area (Å²) < 4.78 is 37.5. The molecular formula is C48H58N10O4S2. The third-order valence-corrected chi connectivity index (χ3v) is 13.5. The summed E-state index contributed by atoms with van der Waals surface area (Å²) in [5.41, 5.74) is 9.27. The number of ether oxygens (including phenoxy) is 1. The predicted molar refractivity (Wildman–Crippen MR) is 256 cm³/mol. The van der Waals surface area contributed by atoms with Crippen LogP contribution in [0.1, 0.15) is 105 Å². The summed E-state index contributed by atoms with van der Waals surface area (Å²) in [5, 5.41) is 32.6. The molecule has 0 saturated heterocycles. The van der Waals surface area contributed by atoms with Gasteiger partial charge in [0.15, 0.2) is 11.6 Å². The van der Waals surface area contributed by atoms with E-state index in [1.54, 1.807) is 26.8 Å². The Hall–Kier alpha value is -6.02. The third-order valence-electron chi connectivity index (χ3n) is 10.8. The lowest BCUT2D eigenvalue weighted by Crippen LogP contribution is -2.47. The molecule has 3 N–H and O–H groups in total. The van der Waals surface area contributed by atoms with E-state index in [1.165, 1.54) is 33.7 Å². The number of aromatic nitrogens is 4. The van der Waals surface area contributed by atoms with Crippen molar-refractivity contribution in [1.29, 1.82) is 5.26 Å². The SMILES string of the molecule is CCC(C)C(=O)OCC(C)(C)NS(=O)(=O)c1ccc2nc(-n3nc(C(C)(C)C)c(C#N)c3N=Nc3c(C)cc(Nc4c(C)cc(C)cc4C)nc3Nc3c(C)cc(C)cc3C)sc2c1. The number of benzene rings is 3. The monoisotopic (exact) mass is 902 g/mol. The minimum atomic E-state index is -4.06. The van der Waals surface area contributed by atoms with E-state index in [9.17, 15) is 18.5 Å². The highest BCUT2D eigenvalue weighted by molar-refractivity contribution is 7.89. The van der Waals surface area contributed by atoms with Crippen LogP contribution in [0, 0.1) is 65.7 Å². The minimum Gasteiger partial charge on any atom is -0.463 e. The van der Waals surface area contributed by atoms with Gasteiger partial charge in [-0.1, -0.05) is 81.3 Å². The summed E-state index contributed by atoms with van der Waals surface area (Å²) in [6.45, 7) is 27.0. The van der Waals surface area contributed by atoms with Gasteiger partial charge in [-0.05, 0) is 121 Å². The van der Waals surface area contributed by atoms with Crippen LogP contribution in [0.3, 0.4) is 0 Å². The van der Waals surface area contributed by atoms with E-state index in [2.05, 4.69) is 73.4 Å². The number of nitrogens with one attached hydrogen (secondary N) is 3. The number of carbonyl (C=O) groups is 1. The number of thiazole rings is 1. The van der Waals surface area contributed by atoms with Gasteiger partial charge >= 0.3 is 5.97 Å². The Morgan fingerprint density at radius 2 is 1.45 bits per heavy atom. The first kappa shape index (κ1) is 47.5. The Morgan fingerprint density at radius 3 is 2.02 bits per heavy atom. The molecule has 0 spiro atoms. The number of aryl methyl sites for hydroxylation is 7. The van der Waals surface area contributed by atoms with Crippen molar-refractivity contribution in [2.45, 2.75) is 119 Å². The summed E-state index contributed by atoms with van der Waals surface area (Å²) in [5.74, 6) is 0.565. The topological polar surface area (TPSA) is 189 Å². The number of hydrogen-bond donors (Lipinski definition) is 3. The maximum atomic E-state index is 13.7. The molecule has 0 radical (unpaired) electrons. The van der Waals surface area contributed by atoms with Crippen LogP contribution in [0.25, 0.3) is 15.3 Å². The molecule has 0 saturated carbocycles. The van der Waals surface area contributed by atoms with Crippen molar-refractivity contribution >= 4 is 72.1 Å². The number of anilines is 4. The van der Waals surface area contributed by atoms with Crippen LogP contribution >= 0.6 is 11.3 Å². The van der Waals surface area contributed by atoms with Gasteiger partial charge in [-0.2, -0.15) is 15.0 Å². The third kappa shape index (κ3) is 10.3. The molecule has 0 fully saturated rings. The molecule has 0 aliphatic rings. The number of carbonyl (C=O) groups excluding carboxylic acids is 1. The van der Waals surface area contributed by atoms with Crippen molar-refractivity contribution in [3.05, 3.63) is 98.7 Å². The Bertz CT molecular complexity index is 2920. The first-order valence-corrected chi connectivity index (χ1v) is 23.5. The van der Waals surface area contributed by atoms with E-state index in [-0.39, 0.29) is 34.8 Å². The molecule has 64 heavy (non-hydrogen) atoms. The molecule has 3 aromatic heterocycles. The summed E-state index contributed by atoms with van der Waals surface area (Å²) in [6, 6.07) is 17.4. The fraction of sp³-hybridized carbons (Fsp3) is 0.396. The maximum absolute atomic E-state index is 13.7. The van der Waals surface area contributed by atoms with Gasteiger partial charge in [0, 0.05) is 16.8 Å². The van der Waals surface area contributed by atoms with Gasteiger partial charge in [-0.3, -0.25) is 4.79 Å². The van der Waals surface area contributed by atoms with Crippen LogP contribution in [-0.2, 0) is 25.0 Å². The zero-order valence-electron chi connectivity index (χ0n) is 39.2. The molecule has 16 heteroatoms. The second kappa shape index (κ2) is 18.2. The number of hydrogen-bond acceptors (Lipinski definition) is 13. The molecule has 0 aliphatic carbocycles. The van der Waals surface area contributed by atoms with Crippen LogP contribution in [-0.4, -0.2) is 46.3 Å². The van der Waals surface area contributed by atoms with E-state index in [4.69, 9.17) is 30.0 Å². The molecule has 6 rings (SSSR count). The zero-order chi connectivity index (χ0) is 47.1. The zero-order valence-corrected chi connectivity index (χ0v) is 40.8. The molecule has 0 bridgehead atoms. The van der Waals surface area contributed by atoms with Crippen LogP contribution < -0.4 is 15.4 Å². The van der Waals surface area contributed by atoms with Crippen molar-refractivity contribution in [2.24, 2.45) is 16.1 Å². The lowest BCUT2D eigenvalue weighted by molar-refractivity contribution is -0.149. The van der Waals surface area contributed by atoms with Crippen LogP contribution in [0.2, 0.25) is 0 Å². The standard InChI is InChI=1S/C48H58N10O4S2/c1-15-28(4)45(59)62-25-48(13,14)57-64(60,61)34-16-17-36-37(23-34)63-46(50-36)58-44(35(24-49)42(56-58)47(10,11)12)55-54-41-33(9)22-38(51-39-29(5)18-26(2)19-30(39)6)52-43(41)53-40-31(7)20-27(3)21-32(40)8/h16-23,28,57H,15,25H2,1-14H3,(H2,51,52,53). The smallest absolute Gasteiger partial charge is 0.308 e. The molecule has 1 atom stereocenters. The Morgan fingerprint density at radius 1 is 0.859 bits per heavy atom. The highest BCUT2D eigenvalue weighted by Gasteiger charge is 2.31. The molecule has 14 nitrogen and oxygen atoms in total. The van der Waals surface area contributed by atoms with Gasteiger partial charge < -0.3 is 15.4 Å². The first-order chi connectivity index (χ1) is 29.9. The van der Waals surface area contributed by atoms with Crippen molar-refractivity contribution in [1.82, 2.24) is 24.5 Å². The number of rotatable bonds is 14. The molecule has 1 unspecified atom stereocenters. The van der Waals surface area contributed by atoms with Crippen LogP contribution in [0.4, 0.5) is 34.5 Å². The van der Waals surface area contributed by atoms with Gasteiger partial charge in [-0.15, -0.1) is 10.2 Å². The average Bonchev–Trinajstić information content (AvgIpc) is 3.80. The van der Waals surface area contributed by atoms with E-state index >= 15 is 0 Å². The quantitative estimate of drug-likeness (QED) is 0.0701. The number of nitrogens with zero attached hydrogens (tertiary/aromatic N) is 7. The number of nitriles is 1. The molecule has 0 amide bonds. The second-order valence-electron chi connectivity index (χ2n) is 18.4. The summed E-state index contributed by atoms with van der Waals surface area (Å²) >= 11 is 1.20. The molecule has 6 aromatic rings. The number of esters is 1. The van der Waals surface area contributed by atoms with Crippen molar-refractivity contribution in [3.63, 3.8) is 0 Å². The van der Waals surface area contributed by atoms with E-state index in [0.717, 1.165) is 44.8 Å². The van der Waals surface area contributed by atoms with Crippen LogP contribution in [0.15, 0.2) is 63.7 Å². The van der Waals surface area contributed by atoms with Gasteiger partial charge in [-0.25, -0.2) is 23.1 Å². The van der Waals surface area contributed by atoms with Gasteiger partial charge in [0.1, 0.15) is 29.7 Å². The fourth-order valence-corrected chi connectivity index (χ4v) is 9.93. The number of sulfonamides is 1. The minimum absolute atomic E-state index is 0.0117. The Kier molecular flexibility index (Phi) is 13.5. The van der Waals surface area contributed by atoms with Gasteiger partial charge in [0.2, 0.25) is 15.2 Å². The van der Waals surface area contributed by atoms with Crippen molar-refractivity contribution in [2.75, 3.05) is 17.2 Å². The van der Waals surface area contributed by atoms with E-state index < -0.39 is 21.0 Å². The number of azo groups is 1. The molecule has 336 valence electrons. The number of fused-ring (bicyclic) bond motifs is 1. The first-order valence-electron chi connectivity index (χ1n) is 21.2. The van der Waals surface area contributed by atoms with Crippen LogP contribution in [0.5, 0.6) is 0 Å². The lowest BCUT2D eigenvalue weighted by Gasteiger charge is -2.26. The van der Waals surface area contributed by atoms with E-state index in [1.807, 2.05) is 54.5 Å². The molecule has 0 aliphatic heterocycles. The normalized spacial score (nSPS) is 12.8. The largest absolute Gasteiger partial charge is 0.463 e. The lowest BCUT2D eigenvalue weighted by atomic mass is 9.90. The fourth-order valence-electron chi connectivity index (χ4n) is 7.47. The predicted octanol–water partition coefficient (Wildman–Crippen LogP) is 11.8. The van der Waals surface area contributed by atoms with E-state index in [0.29, 0.717) is 44.8 Å². The highest BCUT2D eigenvalue weighted by Crippen LogP contribution is 2.40.